The molecule has 0 bridgehead atoms. The molecule has 0 spiro atoms. The molecule has 0 radical (unpaired) electrons. The van der Waals surface area contributed by atoms with Crippen molar-refractivity contribution in [3.63, 3.8) is 0 Å². The van der Waals surface area contributed by atoms with Gasteiger partial charge in [-0.2, -0.15) is 0 Å². The van der Waals surface area contributed by atoms with E-state index < -0.39 is 10.0 Å². The monoisotopic (exact) mass is 282 g/mol. The summed E-state index contributed by atoms with van der Waals surface area (Å²) in [5.41, 5.74) is 1.78. The van der Waals surface area contributed by atoms with E-state index in [4.69, 9.17) is 5.14 Å². The average molecular weight is 282 g/mol. The second kappa shape index (κ2) is 5.92. The molecule has 0 amide bonds. The van der Waals surface area contributed by atoms with Crippen molar-refractivity contribution in [2.45, 2.75) is 44.4 Å². The minimum Gasteiger partial charge on any atom is -0.382 e. The highest BCUT2D eigenvalue weighted by Crippen LogP contribution is 2.26. The van der Waals surface area contributed by atoms with Gasteiger partial charge < -0.3 is 5.32 Å². The molecule has 0 heterocycles. The molecule has 1 aliphatic rings. The zero-order chi connectivity index (χ0) is 13.9. The Hall–Kier alpha value is -1.07. The van der Waals surface area contributed by atoms with Gasteiger partial charge in [0.05, 0.1) is 5.75 Å². The van der Waals surface area contributed by atoms with Crippen molar-refractivity contribution in [3.8, 4) is 0 Å². The highest BCUT2D eigenvalue weighted by atomic mass is 32.2. The summed E-state index contributed by atoms with van der Waals surface area (Å²) in [5, 5.41) is 8.57. The van der Waals surface area contributed by atoms with Crippen molar-refractivity contribution in [2.24, 2.45) is 11.1 Å². The lowest BCUT2D eigenvalue weighted by Crippen LogP contribution is -2.30. The molecule has 2 unspecified atom stereocenters. The van der Waals surface area contributed by atoms with Crippen molar-refractivity contribution in [2.75, 3.05) is 5.32 Å². The van der Waals surface area contributed by atoms with Crippen LogP contribution in [0.2, 0.25) is 0 Å². The summed E-state index contributed by atoms with van der Waals surface area (Å²) in [7, 11) is -3.45. The van der Waals surface area contributed by atoms with Crippen molar-refractivity contribution in [1.82, 2.24) is 0 Å². The van der Waals surface area contributed by atoms with Gasteiger partial charge in [-0.25, -0.2) is 13.6 Å². The SMILES string of the molecule is CC1CCCCC1Nc1ccc(CS(N)(=O)=O)cc1. The standard InChI is InChI=1S/C14H22N2O2S/c1-11-4-2-3-5-14(11)16-13-8-6-12(7-9-13)10-19(15,17)18/h6-9,11,14,16H,2-5,10H2,1H3,(H2,15,17,18). The molecule has 106 valence electrons. The highest BCUT2D eigenvalue weighted by molar-refractivity contribution is 7.88. The normalized spacial score (nSPS) is 24.1. The van der Waals surface area contributed by atoms with Crippen molar-refractivity contribution >= 4 is 15.7 Å². The molecule has 0 aromatic heterocycles. The number of hydrogen-bond donors (Lipinski definition) is 2. The van der Waals surface area contributed by atoms with Gasteiger partial charge in [0.1, 0.15) is 0 Å². The Kier molecular flexibility index (Phi) is 4.47. The van der Waals surface area contributed by atoms with Crippen LogP contribution in [0.15, 0.2) is 24.3 Å². The number of nitrogens with two attached hydrogens (primary N) is 1. The van der Waals surface area contributed by atoms with Gasteiger partial charge in [-0.1, -0.05) is 31.9 Å². The van der Waals surface area contributed by atoms with E-state index in [9.17, 15) is 8.42 Å². The van der Waals surface area contributed by atoms with Crippen molar-refractivity contribution in [1.29, 1.82) is 0 Å². The van der Waals surface area contributed by atoms with Crippen LogP contribution in [0, 0.1) is 5.92 Å². The summed E-state index contributed by atoms with van der Waals surface area (Å²) >= 11 is 0. The first-order chi connectivity index (χ1) is 8.94. The summed E-state index contributed by atoms with van der Waals surface area (Å²) in [6.07, 6.45) is 5.10. The van der Waals surface area contributed by atoms with Gasteiger partial charge in [0.15, 0.2) is 0 Å². The third kappa shape index (κ3) is 4.51. The molecular weight excluding hydrogens is 260 g/mol. The lowest BCUT2D eigenvalue weighted by atomic mass is 9.86. The maximum atomic E-state index is 11.0. The van der Waals surface area contributed by atoms with Crippen LogP contribution in [0.3, 0.4) is 0 Å². The van der Waals surface area contributed by atoms with E-state index in [1.807, 2.05) is 24.3 Å². The lowest BCUT2D eigenvalue weighted by Gasteiger charge is -2.30. The summed E-state index contributed by atoms with van der Waals surface area (Å²) < 4.78 is 22.0. The first kappa shape index (κ1) is 14.3. The zero-order valence-electron chi connectivity index (χ0n) is 11.3. The number of rotatable bonds is 4. The predicted octanol–water partition coefficient (Wildman–Crippen LogP) is 2.47. The van der Waals surface area contributed by atoms with E-state index in [2.05, 4.69) is 12.2 Å². The number of nitrogens with one attached hydrogen (secondary N) is 1. The second-order valence-electron chi connectivity index (χ2n) is 5.52. The molecule has 5 heteroatoms. The topological polar surface area (TPSA) is 72.2 Å². The Morgan fingerprint density at radius 2 is 1.84 bits per heavy atom. The minimum absolute atomic E-state index is 0.104. The van der Waals surface area contributed by atoms with E-state index in [1.165, 1.54) is 25.7 Å². The second-order valence-corrected chi connectivity index (χ2v) is 7.13. The van der Waals surface area contributed by atoms with E-state index in [0.29, 0.717) is 12.0 Å². The predicted molar refractivity (Wildman–Crippen MR) is 78.3 cm³/mol. The van der Waals surface area contributed by atoms with E-state index >= 15 is 0 Å². The summed E-state index contributed by atoms with van der Waals surface area (Å²) in [5.74, 6) is 0.588. The fourth-order valence-electron chi connectivity index (χ4n) is 2.67. The molecule has 2 rings (SSSR count). The Bertz CT molecular complexity index is 511. The molecule has 0 saturated heterocycles. The third-order valence-corrected chi connectivity index (χ3v) is 4.52. The van der Waals surface area contributed by atoms with Crippen LogP contribution in [-0.4, -0.2) is 14.5 Å². The van der Waals surface area contributed by atoms with Gasteiger partial charge in [0, 0.05) is 11.7 Å². The van der Waals surface area contributed by atoms with Crippen LogP contribution in [0.25, 0.3) is 0 Å². The largest absolute Gasteiger partial charge is 0.382 e. The Labute approximate surface area is 115 Å². The van der Waals surface area contributed by atoms with Crippen molar-refractivity contribution < 1.29 is 8.42 Å². The molecule has 1 aromatic carbocycles. The molecular formula is C14H22N2O2S. The van der Waals surface area contributed by atoms with Crippen molar-refractivity contribution in [3.05, 3.63) is 29.8 Å². The lowest BCUT2D eigenvalue weighted by molar-refractivity contribution is 0.349. The molecule has 1 saturated carbocycles. The average Bonchev–Trinajstić information content (AvgIpc) is 2.33. The van der Waals surface area contributed by atoms with Gasteiger partial charge in [-0.15, -0.1) is 0 Å². The smallest absolute Gasteiger partial charge is 0.213 e. The van der Waals surface area contributed by atoms with Gasteiger partial charge in [-0.05, 0) is 36.5 Å². The number of primary sulfonamides is 1. The number of anilines is 1. The van der Waals surface area contributed by atoms with E-state index in [-0.39, 0.29) is 5.75 Å². The van der Waals surface area contributed by atoms with E-state index in [1.54, 1.807) is 0 Å². The van der Waals surface area contributed by atoms with Gasteiger partial charge >= 0.3 is 0 Å². The summed E-state index contributed by atoms with van der Waals surface area (Å²) in [6.45, 7) is 2.28. The van der Waals surface area contributed by atoms with Crippen LogP contribution >= 0.6 is 0 Å². The molecule has 1 fully saturated rings. The van der Waals surface area contributed by atoms with Gasteiger partial charge in [-0.3, -0.25) is 0 Å². The maximum Gasteiger partial charge on any atom is 0.213 e. The Morgan fingerprint density at radius 1 is 1.21 bits per heavy atom. The molecule has 4 nitrogen and oxygen atoms in total. The fourth-order valence-corrected chi connectivity index (χ4v) is 3.33. The number of hydrogen-bond acceptors (Lipinski definition) is 3. The third-order valence-electron chi connectivity index (χ3n) is 3.79. The van der Waals surface area contributed by atoms with Crippen LogP contribution in [0.5, 0.6) is 0 Å². The van der Waals surface area contributed by atoms with Crippen LogP contribution in [-0.2, 0) is 15.8 Å². The molecule has 19 heavy (non-hydrogen) atoms. The first-order valence-corrected chi connectivity index (χ1v) is 8.51. The Morgan fingerprint density at radius 3 is 2.42 bits per heavy atom. The maximum absolute atomic E-state index is 11.0. The molecule has 0 aliphatic heterocycles. The summed E-state index contributed by atoms with van der Waals surface area (Å²) in [4.78, 5) is 0. The Balaban J connectivity index is 1.98. The van der Waals surface area contributed by atoms with Gasteiger partial charge in [0.25, 0.3) is 0 Å². The van der Waals surface area contributed by atoms with Crippen LogP contribution in [0.1, 0.15) is 38.2 Å². The van der Waals surface area contributed by atoms with Crippen LogP contribution < -0.4 is 10.5 Å². The zero-order valence-corrected chi connectivity index (χ0v) is 12.1. The molecule has 1 aromatic rings. The molecule has 3 N–H and O–H groups in total. The fraction of sp³-hybridized carbons (Fsp3) is 0.571. The highest BCUT2D eigenvalue weighted by Gasteiger charge is 2.20. The van der Waals surface area contributed by atoms with Gasteiger partial charge in [0.2, 0.25) is 10.0 Å². The minimum atomic E-state index is -3.45. The first-order valence-electron chi connectivity index (χ1n) is 6.80. The summed E-state index contributed by atoms with van der Waals surface area (Å²) in [6, 6.07) is 8.03. The molecule has 2 atom stereocenters. The van der Waals surface area contributed by atoms with E-state index in [0.717, 1.165) is 11.3 Å². The van der Waals surface area contributed by atoms with Crippen LogP contribution in [0.4, 0.5) is 5.69 Å². The number of sulfonamides is 1. The molecule has 1 aliphatic carbocycles. The number of benzene rings is 1. The quantitative estimate of drug-likeness (QED) is 0.891.